The fourth-order valence-electron chi connectivity index (χ4n) is 6.09. The predicted molar refractivity (Wildman–Crippen MR) is 152 cm³/mol. The van der Waals surface area contributed by atoms with Gasteiger partial charge in [-0.3, -0.25) is 4.90 Å². The molecular formula is C33H29FN4O. The molecule has 3 aromatic carbocycles. The van der Waals surface area contributed by atoms with E-state index in [0.717, 1.165) is 53.8 Å². The number of benzene rings is 3. The van der Waals surface area contributed by atoms with Gasteiger partial charge in [0.25, 0.3) is 0 Å². The fourth-order valence-corrected chi connectivity index (χ4v) is 6.09. The molecule has 1 unspecified atom stereocenters. The second-order valence-electron chi connectivity index (χ2n) is 10.4. The number of aromatic nitrogens is 3. The van der Waals surface area contributed by atoms with Gasteiger partial charge in [0, 0.05) is 46.0 Å². The number of hydrogen-bond acceptors (Lipinski definition) is 4. The zero-order valence-electron chi connectivity index (χ0n) is 21.8. The first-order valence-electron chi connectivity index (χ1n) is 13.5. The fraction of sp³-hybridized carbons (Fsp3) is 0.212. The molecule has 0 saturated carbocycles. The van der Waals surface area contributed by atoms with Crippen LogP contribution in [-0.2, 0) is 0 Å². The number of nitrogens with zero attached hydrogens (tertiary/aromatic N) is 4. The van der Waals surface area contributed by atoms with Gasteiger partial charge in [0.05, 0.1) is 17.8 Å². The van der Waals surface area contributed by atoms with Crippen molar-refractivity contribution < 1.29 is 8.81 Å². The van der Waals surface area contributed by atoms with E-state index >= 15 is 0 Å². The summed E-state index contributed by atoms with van der Waals surface area (Å²) in [6, 6.07) is 23.6. The van der Waals surface area contributed by atoms with E-state index in [9.17, 15) is 4.39 Å². The van der Waals surface area contributed by atoms with Gasteiger partial charge in [0.2, 0.25) is 0 Å². The molecule has 1 fully saturated rings. The maximum absolute atomic E-state index is 13.7. The summed E-state index contributed by atoms with van der Waals surface area (Å²) in [5.74, 6) is 1.95. The molecule has 1 saturated heterocycles. The van der Waals surface area contributed by atoms with Crippen molar-refractivity contribution in [1.29, 1.82) is 0 Å². The van der Waals surface area contributed by atoms with Crippen molar-refractivity contribution in [1.82, 2.24) is 19.4 Å². The zero-order chi connectivity index (χ0) is 26.3. The maximum Gasteiger partial charge on any atom is 0.159 e. The Labute approximate surface area is 226 Å². The van der Waals surface area contributed by atoms with Gasteiger partial charge in [-0.05, 0) is 92.9 Å². The second kappa shape index (κ2) is 9.79. The summed E-state index contributed by atoms with van der Waals surface area (Å²) in [4.78, 5) is 11.5. The lowest BCUT2D eigenvalue weighted by molar-refractivity contribution is 0.148. The van der Waals surface area contributed by atoms with Gasteiger partial charge in [-0.15, -0.1) is 0 Å². The molecule has 3 aromatic heterocycles. The summed E-state index contributed by atoms with van der Waals surface area (Å²) in [5, 5.41) is 3.55. The Kier molecular flexibility index (Phi) is 5.97. The Balaban J connectivity index is 1.22. The lowest BCUT2D eigenvalue weighted by Gasteiger charge is -2.35. The molecule has 0 N–H and O–H groups in total. The Bertz CT molecular complexity index is 1750. The molecule has 6 heteroatoms. The largest absolute Gasteiger partial charge is 0.466 e. The Morgan fingerprint density at radius 1 is 0.897 bits per heavy atom. The van der Waals surface area contributed by atoms with E-state index < -0.39 is 0 Å². The van der Waals surface area contributed by atoms with Gasteiger partial charge in [-0.1, -0.05) is 24.3 Å². The van der Waals surface area contributed by atoms with Crippen LogP contribution in [0.2, 0.25) is 0 Å². The molecule has 1 aliphatic rings. The molecule has 0 aliphatic carbocycles. The molecule has 5 nitrogen and oxygen atoms in total. The van der Waals surface area contributed by atoms with Gasteiger partial charge in [0.15, 0.2) is 5.82 Å². The standard InChI is InChI=1S/C33H29FN4O/c1-22(32-28-6-3-2-5-25(28)21-39-32)37-17-13-23(14-18-37)30-20-38(27-10-8-26(34)9-11-27)31-12-7-24(19-29(30)31)33-35-15-4-16-36-33/h2-12,15-16,19-23H,13-14,17-18H2,1H3. The topological polar surface area (TPSA) is 47.1 Å². The van der Waals surface area contributed by atoms with Gasteiger partial charge in [-0.25, -0.2) is 14.4 Å². The van der Waals surface area contributed by atoms with Crippen LogP contribution in [0.25, 0.3) is 38.8 Å². The summed E-state index contributed by atoms with van der Waals surface area (Å²) in [7, 11) is 0. The van der Waals surface area contributed by atoms with Crippen molar-refractivity contribution in [2.75, 3.05) is 13.1 Å². The molecule has 0 spiro atoms. The summed E-state index contributed by atoms with van der Waals surface area (Å²) < 4.78 is 21.9. The van der Waals surface area contributed by atoms with Crippen LogP contribution in [0.3, 0.4) is 0 Å². The first kappa shape index (κ1) is 23.8. The normalized spacial score (nSPS) is 15.7. The van der Waals surface area contributed by atoms with Gasteiger partial charge >= 0.3 is 0 Å². The third kappa shape index (κ3) is 4.31. The van der Waals surface area contributed by atoms with Crippen LogP contribution in [0, 0.1) is 5.82 Å². The molecule has 0 amide bonds. The van der Waals surface area contributed by atoms with Crippen LogP contribution in [0.4, 0.5) is 4.39 Å². The molecule has 4 heterocycles. The summed E-state index contributed by atoms with van der Waals surface area (Å²) in [6.07, 6.45) is 9.77. The van der Waals surface area contributed by atoms with Crippen LogP contribution < -0.4 is 0 Å². The van der Waals surface area contributed by atoms with Crippen molar-refractivity contribution in [3.05, 3.63) is 115 Å². The highest BCUT2D eigenvalue weighted by Gasteiger charge is 2.29. The summed E-state index contributed by atoms with van der Waals surface area (Å²) >= 11 is 0. The Hall–Kier alpha value is -4.29. The molecular weight excluding hydrogens is 487 g/mol. The molecule has 7 rings (SSSR count). The average Bonchev–Trinajstić information content (AvgIpc) is 3.60. The highest BCUT2D eigenvalue weighted by molar-refractivity contribution is 5.90. The Morgan fingerprint density at radius 3 is 2.46 bits per heavy atom. The molecule has 6 aromatic rings. The highest BCUT2D eigenvalue weighted by atomic mass is 19.1. The van der Waals surface area contributed by atoms with E-state index in [1.165, 1.54) is 28.5 Å². The van der Waals surface area contributed by atoms with Crippen molar-refractivity contribution >= 4 is 21.7 Å². The maximum atomic E-state index is 13.7. The van der Waals surface area contributed by atoms with Crippen LogP contribution in [0.5, 0.6) is 0 Å². The van der Waals surface area contributed by atoms with Crippen LogP contribution in [-0.4, -0.2) is 32.5 Å². The van der Waals surface area contributed by atoms with Crippen molar-refractivity contribution in [2.45, 2.75) is 31.7 Å². The number of likely N-dealkylation sites (tertiary alicyclic amines) is 1. The van der Waals surface area contributed by atoms with Crippen molar-refractivity contribution in [2.24, 2.45) is 0 Å². The third-order valence-electron chi connectivity index (χ3n) is 8.20. The van der Waals surface area contributed by atoms with Gasteiger partial charge in [-0.2, -0.15) is 0 Å². The first-order chi connectivity index (χ1) is 19.2. The minimum absolute atomic E-state index is 0.216. The number of hydrogen-bond donors (Lipinski definition) is 0. The van der Waals surface area contributed by atoms with Gasteiger partial charge < -0.3 is 8.98 Å². The minimum atomic E-state index is -0.232. The smallest absolute Gasteiger partial charge is 0.159 e. The SMILES string of the molecule is CC(c1occ2ccccc12)N1CCC(c2cn(-c3ccc(F)cc3)c3ccc(-c4ncccn4)cc23)CC1. The first-order valence-corrected chi connectivity index (χ1v) is 13.5. The second-order valence-corrected chi connectivity index (χ2v) is 10.4. The number of piperidine rings is 1. The summed E-state index contributed by atoms with van der Waals surface area (Å²) in [6.45, 7) is 4.23. The zero-order valence-corrected chi connectivity index (χ0v) is 21.8. The molecule has 0 bridgehead atoms. The monoisotopic (exact) mass is 516 g/mol. The van der Waals surface area contributed by atoms with E-state index in [0.29, 0.717) is 11.7 Å². The lowest BCUT2D eigenvalue weighted by atomic mass is 9.88. The van der Waals surface area contributed by atoms with E-state index in [-0.39, 0.29) is 11.9 Å². The van der Waals surface area contributed by atoms with E-state index in [1.54, 1.807) is 12.4 Å². The molecule has 0 radical (unpaired) electrons. The minimum Gasteiger partial charge on any atom is -0.466 e. The Morgan fingerprint density at radius 2 is 1.67 bits per heavy atom. The van der Waals surface area contributed by atoms with E-state index in [4.69, 9.17) is 4.42 Å². The lowest BCUT2D eigenvalue weighted by Crippen LogP contribution is -2.35. The third-order valence-corrected chi connectivity index (χ3v) is 8.20. The van der Waals surface area contributed by atoms with Crippen LogP contribution >= 0.6 is 0 Å². The number of rotatable bonds is 5. The van der Waals surface area contributed by atoms with Crippen molar-refractivity contribution in [3.63, 3.8) is 0 Å². The predicted octanol–water partition coefficient (Wildman–Crippen LogP) is 7.91. The van der Waals surface area contributed by atoms with Crippen LogP contribution in [0.15, 0.2) is 102 Å². The quantitative estimate of drug-likeness (QED) is 0.234. The molecule has 1 aliphatic heterocycles. The molecule has 39 heavy (non-hydrogen) atoms. The number of fused-ring (bicyclic) bond motifs is 2. The van der Waals surface area contributed by atoms with Gasteiger partial charge in [0.1, 0.15) is 11.6 Å². The average molecular weight is 517 g/mol. The van der Waals surface area contributed by atoms with Crippen molar-refractivity contribution in [3.8, 4) is 17.1 Å². The number of halogens is 1. The van der Waals surface area contributed by atoms with E-state index in [1.807, 2.05) is 24.5 Å². The highest BCUT2D eigenvalue weighted by Crippen LogP contribution is 2.39. The summed E-state index contributed by atoms with van der Waals surface area (Å²) in [5.41, 5.74) is 4.38. The molecule has 1 atom stereocenters. The molecule has 194 valence electrons. The number of furan rings is 1. The van der Waals surface area contributed by atoms with Crippen LogP contribution in [0.1, 0.15) is 43.0 Å². The van der Waals surface area contributed by atoms with E-state index in [2.05, 4.69) is 75.0 Å².